The van der Waals surface area contributed by atoms with E-state index in [1.807, 2.05) is 52.0 Å². The van der Waals surface area contributed by atoms with Crippen LogP contribution in [0.3, 0.4) is 0 Å². The molecule has 0 saturated heterocycles. The summed E-state index contributed by atoms with van der Waals surface area (Å²) in [7, 11) is 0. The van der Waals surface area contributed by atoms with E-state index in [1.54, 1.807) is 73.2 Å². The normalized spacial score (nSPS) is 10.7. The molecule has 49 heavy (non-hydrogen) atoms. The van der Waals surface area contributed by atoms with Gasteiger partial charge in [0.25, 0.3) is 0 Å². The molecule has 6 aromatic heterocycles. The van der Waals surface area contributed by atoms with Gasteiger partial charge >= 0.3 is 0 Å². The third kappa shape index (κ3) is 8.41. The molecule has 0 radical (unpaired) electrons. The van der Waals surface area contributed by atoms with Crippen molar-refractivity contribution < 1.29 is 8.78 Å². The molecule has 0 bridgehead atoms. The molecule has 0 aliphatic rings. The first-order valence-corrected chi connectivity index (χ1v) is 18.0. The van der Waals surface area contributed by atoms with Gasteiger partial charge in [-0.15, -0.1) is 0 Å². The molecule has 0 N–H and O–H groups in total. The van der Waals surface area contributed by atoms with Gasteiger partial charge in [0, 0.05) is 54.5 Å². The molecule has 0 fully saturated rings. The van der Waals surface area contributed by atoms with Gasteiger partial charge in [-0.2, -0.15) is 0 Å². The Morgan fingerprint density at radius 3 is 1.86 bits per heavy atom. The SMILES string of the molecule is CSc1nccc(-c2c(-c3ccc(F)cc3)nc3cnccn23)n1.CSc1nccc(I)n1.Fc1ccc(-c2cn3ccncc3n2)cc1. The Morgan fingerprint density at radius 2 is 1.22 bits per heavy atom. The van der Waals surface area contributed by atoms with E-state index in [2.05, 4.69) is 62.5 Å². The maximum atomic E-state index is 13.3. The number of nitrogens with zero attached hydrogens (tertiary/aromatic N) is 10. The lowest BCUT2D eigenvalue weighted by atomic mass is 10.1. The number of fused-ring (bicyclic) bond motifs is 2. The Morgan fingerprint density at radius 1 is 0.612 bits per heavy atom. The highest BCUT2D eigenvalue weighted by Gasteiger charge is 2.17. The van der Waals surface area contributed by atoms with Gasteiger partial charge < -0.3 is 4.40 Å². The lowest BCUT2D eigenvalue weighted by molar-refractivity contribution is 0.627. The van der Waals surface area contributed by atoms with E-state index >= 15 is 0 Å². The van der Waals surface area contributed by atoms with Crippen molar-refractivity contribution in [3.8, 4) is 33.9 Å². The highest BCUT2D eigenvalue weighted by Crippen LogP contribution is 2.32. The van der Waals surface area contributed by atoms with E-state index in [9.17, 15) is 8.78 Å². The Hall–Kier alpha value is -4.87. The van der Waals surface area contributed by atoms with Crippen LogP contribution in [0.2, 0.25) is 0 Å². The van der Waals surface area contributed by atoms with Crippen LogP contribution in [-0.4, -0.2) is 61.2 Å². The molecule has 0 atom stereocenters. The molecule has 0 spiro atoms. The molecular weight excluding hydrogens is 777 g/mol. The Bertz CT molecular complexity index is 2280. The minimum Gasteiger partial charge on any atom is -0.304 e. The van der Waals surface area contributed by atoms with Crippen LogP contribution in [0.25, 0.3) is 45.2 Å². The second-order valence-corrected chi connectivity index (χ2v) is 12.5. The van der Waals surface area contributed by atoms with Crippen LogP contribution >= 0.6 is 46.1 Å². The van der Waals surface area contributed by atoms with Crippen molar-refractivity contribution in [1.29, 1.82) is 0 Å². The van der Waals surface area contributed by atoms with Crippen LogP contribution < -0.4 is 0 Å². The summed E-state index contributed by atoms with van der Waals surface area (Å²) in [5, 5.41) is 1.52. The summed E-state index contributed by atoms with van der Waals surface area (Å²) in [6.07, 6.45) is 19.7. The first-order valence-electron chi connectivity index (χ1n) is 14.4. The van der Waals surface area contributed by atoms with Gasteiger partial charge in [-0.1, -0.05) is 23.5 Å². The van der Waals surface area contributed by atoms with Crippen molar-refractivity contribution in [3.05, 3.63) is 132 Å². The largest absolute Gasteiger partial charge is 0.304 e. The van der Waals surface area contributed by atoms with Crippen molar-refractivity contribution in [2.45, 2.75) is 10.3 Å². The van der Waals surface area contributed by atoms with Crippen molar-refractivity contribution in [1.82, 2.24) is 48.7 Å². The predicted octanol–water partition coefficient (Wildman–Crippen LogP) is 8.05. The fraction of sp³-hybridized carbons (Fsp3) is 0.0588. The highest BCUT2D eigenvalue weighted by atomic mass is 127. The van der Waals surface area contributed by atoms with Crippen molar-refractivity contribution >= 4 is 57.4 Å². The average Bonchev–Trinajstić information content (AvgIpc) is 3.75. The van der Waals surface area contributed by atoms with Gasteiger partial charge in [0.1, 0.15) is 15.3 Å². The summed E-state index contributed by atoms with van der Waals surface area (Å²) in [5.74, 6) is -0.522. The smallest absolute Gasteiger partial charge is 0.188 e. The quantitative estimate of drug-likeness (QED) is 0.0734. The van der Waals surface area contributed by atoms with Gasteiger partial charge in [-0.05, 0) is 95.8 Å². The number of hydrogen-bond donors (Lipinski definition) is 0. The fourth-order valence-corrected chi connectivity index (χ4v) is 5.82. The van der Waals surface area contributed by atoms with Crippen molar-refractivity contribution in [2.75, 3.05) is 12.5 Å². The molecule has 0 saturated carbocycles. The van der Waals surface area contributed by atoms with Gasteiger partial charge in [-0.3, -0.25) is 14.4 Å². The summed E-state index contributed by atoms with van der Waals surface area (Å²) in [6, 6.07) is 16.3. The van der Waals surface area contributed by atoms with Crippen LogP contribution in [-0.2, 0) is 0 Å². The van der Waals surface area contributed by atoms with Crippen LogP contribution in [0, 0.1) is 15.3 Å². The standard InChI is InChI=1S/C17H12FN5S.C12H8FN3.C5H5IN2S/c1-24-17-20-7-6-13(21-17)16-15(11-2-4-12(18)5-3-11)22-14-10-19-8-9-23(14)16;13-10-3-1-9(2-4-10)11-8-16-6-5-14-7-12(16)15-11;1-9-5-7-3-2-4(6)8-5/h2-10H,1H3;1-8H;2-3H,1H3. The summed E-state index contributed by atoms with van der Waals surface area (Å²) in [6.45, 7) is 0. The minimum absolute atomic E-state index is 0.241. The summed E-state index contributed by atoms with van der Waals surface area (Å²) >= 11 is 5.20. The number of rotatable bonds is 5. The molecule has 15 heteroatoms. The number of thioether (sulfide) groups is 2. The first kappa shape index (κ1) is 34.0. The van der Waals surface area contributed by atoms with Gasteiger partial charge in [0.2, 0.25) is 0 Å². The van der Waals surface area contributed by atoms with E-state index in [4.69, 9.17) is 0 Å². The highest BCUT2D eigenvalue weighted by molar-refractivity contribution is 14.1. The fourth-order valence-electron chi connectivity index (χ4n) is 4.55. The van der Waals surface area contributed by atoms with E-state index in [-0.39, 0.29) is 11.6 Å². The number of benzene rings is 2. The molecule has 10 nitrogen and oxygen atoms in total. The maximum absolute atomic E-state index is 13.3. The Labute approximate surface area is 301 Å². The number of halogens is 3. The van der Waals surface area contributed by atoms with Gasteiger partial charge in [-0.25, -0.2) is 38.7 Å². The van der Waals surface area contributed by atoms with E-state index < -0.39 is 0 Å². The third-order valence-corrected chi connectivity index (χ3v) is 8.52. The molecule has 0 amide bonds. The topological polar surface area (TPSA) is 112 Å². The third-order valence-electron chi connectivity index (χ3n) is 6.79. The molecule has 8 rings (SSSR count). The van der Waals surface area contributed by atoms with E-state index in [0.717, 1.165) is 48.4 Å². The van der Waals surface area contributed by atoms with E-state index in [1.165, 1.54) is 36.0 Å². The zero-order valence-corrected chi connectivity index (χ0v) is 29.7. The molecule has 2 aromatic carbocycles. The molecule has 8 aromatic rings. The lowest BCUT2D eigenvalue weighted by Gasteiger charge is -2.06. The first-order chi connectivity index (χ1) is 23.9. The van der Waals surface area contributed by atoms with E-state index in [0.29, 0.717) is 10.8 Å². The zero-order chi connectivity index (χ0) is 34.2. The molecule has 0 aliphatic heterocycles. The Balaban J connectivity index is 0.000000143. The molecule has 244 valence electrons. The van der Waals surface area contributed by atoms with Crippen LogP contribution in [0.5, 0.6) is 0 Å². The van der Waals surface area contributed by atoms with Crippen molar-refractivity contribution in [3.63, 3.8) is 0 Å². The second-order valence-electron chi connectivity index (χ2n) is 9.89. The Kier molecular flexibility index (Phi) is 11.1. The average molecular weight is 803 g/mol. The van der Waals surface area contributed by atoms with Gasteiger partial charge in [0.05, 0.1) is 35.2 Å². The summed E-state index contributed by atoms with van der Waals surface area (Å²) in [4.78, 5) is 34.1. The monoisotopic (exact) mass is 802 g/mol. The second kappa shape index (κ2) is 16.0. The molecule has 0 unspecified atom stereocenters. The number of hydrogen-bond acceptors (Lipinski definition) is 10. The molecule has 6 heterocycles. The molecule has 0 aliphatic carbocycles. The lowest BCUT2D eigenvalue weighted by Crippen LogP contribution is -1.95. The van der Waals surface area contributed by atoms with Crippen molar-refractivity contribution in [2.24, 2.45) is 0 Å². The predicted molar refractivity (Wildman–Crippen MR) is 196 cm³/mol. The van der Waals surface area contributed by atoms with Gasteiger partial charge in [0.15, 0.2) is 21.6 Å². The van der Waals surface area contributed by atoms with Crippen LogP contribution in [0.15, 0.2) is 127 Å². The minimum atomic E-state index is -0.280. The zero-order valence-electron chi connectivity index (χ0n) is 25.9. The number of aromatic nitrogens is 10. The van der Waals surface area contributed by atoms with Crippen LogP contribution in [0.1, 0.15) is 0 Å². The summed E-state index contributed by atoms with van der Waals surface area (Å²) in [5.41, 5.74) is 6.33. The number of imidazole rings is 2. The maximum Gasteiger partial charge on any atom is 0.188 e. The molecular formula is C34H25F2IN10S2. The van der Waals surface area contributed by atoms with Crippen LogP contribution in [0.4, 0.5) is 8.78 Å². The summed E-state index contributed by atoms with van der Waals surface area (Å²) < 4.78 is 30.8.